The van der Waals surface area contributed by atoms with Crippen molar-refractivity contribution in [1.82, 2.24) is 0 Å². The summed E-state index contributed by atoms with van der Waals surface area (Å²) in [5, 5.41) is 28.0. The van der Waals surface area contributed by atoms with Crippen LogP contribution in [0.15, 0.2) is 11.6 Å². The summed E-state index contributed by atoms with van der Waals surface area (Å²) in [7, 11) is 0. The summed E-state index contributed by atoms with van der Waals surface area (Å²) in [5.41, 5.74) is 0.492. The maximum atomic E-state index is 9.79. The van der Waals surface area contributed by atoms with Gasteiger partial charge >= 0.3 is 0 Å². The number of aliphatic hydroxyl groups is 3. The third-order valence-corrected chi connectivity index (χ3v) is 2.91. The van der Waals surface area contributed by atoms with E-state index >= 15 is 0 Å². The molecular formula is C14H24O3. The number of allylic oxidation sites excluding steroid dienone is 1. The lowest BCUT2D eigenvalue weighted by atomic mass is 9.81. The van der Waals surface area contributed by atoms with Gasteiger partial charge in [0.25, 0.3) is 0 Å². The summed E-state index contributed by atoms with van der Waals surface area (Å²) in [5.74, 6) is 5.73. The van der Waals surface area contributed by atoms with Gasteiger partial charge in [0.15, 0.2) is 0 Å². The molecular weight excluding hydrogens is 216 g/mol. The largest absolute Gasteiger partial charge is 0.393 e. The molecule has 0 aromatic carbocycles. The van der Waals surface area contributed by atoms with Crippen LogP contribution in [0.2, 0.25) is 0 Å². The van der Waals surface area contributed by atoms with Crippen molar-refractivity contribution in [2.24, 2.45) is 5.41 Å². The molecule has 0 radical (unpaired) electrons. The molecule has 3 heteroatoms. The average molecular weight is 240 g/mol. The molecule has 0 amide bonds. The van der Waals surface area contributed by atoms with Gasteiger partial charge in [0, 0.05) is 6.42 Å². The SMILES string of the molecule is C/C(C#CCC(O)CC(C)(C)C(C)O)=C/CO. The lowest BCUT2D eigenvalue weighted by Crippen LogP contribution is -2.30. The van der Waals surface area contributed by atoms with E-state index in [9.17, 15) is 10.2 Å². The van der Waals surface area contributed by atoms with Crippen LogP contribution in [-0.2, 0) is 0 Å². The van der Waals surface area contributed by atoms with Crippen LogP contribution in [0, 0.1) is 17.3 Å². The zero-order valence-electron chi connectivity index (χ0n) is 11.2. The quantitative estimate of drug-likeness (QED) is 0.638. The van der Waals surface area contributed by atoms with Crippen LogP contribution in [0.5, 0.6) is 0 Å². The van der Waals surface area contributed by atoms with Crippen molar-refractivity contribution >= 4 is 0 Å². The highest BCUT2D eigenvalue weighted by Crippen LogP contribution is 2.27. The van der Waals surface area contributed by atoms with Crippen LogP contribution in [-0.4, -0.2) is 34.1 Å². The maximum Gasteiger partial charge on any atom is 0.0655 e. The smallest absolute Gasteiger partial charge is 0.0655 e. The molecule has 0 aliphatic carbocycles. The summed E-state index contributed by atoms with van der Waals surface area (Å²) in [6.07, 6.45) is 1.53. The molecule has 3 nitrogen and oxygen atoms in total. The van der Waals surface area contributed by atoms with E-state index < -0.39 is 12.2 Å². The van der Waals surface area contributed by atoms with Crippen molar-refractivity contribution in [3.63, 3.8) is 0 Å². The lowest BCUT2D eigenvalue weighted by molar-refractivity contribution is 0.0210. The summed E-state index contributed by atoms with van der Waals surface area (Å²) in [6.45, 7) is 7.37. The van der Waals surface area contributed by atoms with E-state index in [0.29, 0.717) is 12.8 Å². The van der Waals surface area contributed by atoms with Crippen molar-refractivity contribution < 1.29 is 15.3 Å². The van der Waals surface area contributed by atoms with Gasteiger partial charge in [0.2, 0.25) is 0 Å². The Morgan fingerprint density at radius 2 is 1.94 bits per heavy atom. The standard InChI is InChI=1S/C14H24O3/c1-11(8-9-15)6-5-7-13(17)10-14(3,4)12(2)16/h8,12-13,15-17H,7,9-10H2,1-4H3/b11-8-. The number of aliphatic hydroxyl groups excluding tert-OH is 3. The van der Waals surface area contributed by atoms with Gasteiger partial charge in [-0.1, -0.05) is 25.7 Å². The summed E-state index contributed by atoms with van der Waals surface area (Å²) < 4.78 is 0. The van der Waals surface area contributed by atoms with Crippen LogP contribution in [0.4, 0.5) is 0 Å². The molecule has 17 heavy (non-hydrogen) atoms. The summed E-state index contributed by atoms with van der Waals surface area (Å²) in [6, 6.07) is 0. The molecule has 0 spiro atoms. The van der Waals surface area contributed by atoms with Gasteiger partial charge in [-0.15, -0.1) is 0 Å². The Morgan fingerprint density at radius 3 is 2.41 bits per heavy atom. The molecule has 0 fully saturated rings. The van der Waals surface area contributed by atoms with Crippen LogP contribution >= 0.6 is 0 Å². The Labute approximate surface area is 104 Å². The van der Waals surface area contributed by atoms with Gasteiger partial charge in [-0.05, 0) is 37.3 Å². The number of hydrogen-bond donors (Lipinski definition) is 3. The molecule has 0 aliphatic heterocycles. The van der Waals surface area contributed by atoms with Gasteiger partial charge < -0.3 is 15.3 Å². The third kappa shape index (κ3) is 7.17. The van der Waals surface area contributed by atoms with Crippen molar-refractivity contribution in [2.45, 2.75) is 52.7 Å². The highest BCUT2D eigenvalue weighted by Gasteiger charge is 2.26. The molecule has 0 bridgehead atoms. The first-order valence-electron chi connectivity index (χ1n) is 5.92. The Morgan fingerprint density at radius 1 is 1.35 bits per heavy atom. The molecule has 0 saturated heterocycles. The summed E-state index contributed by atoms with van der Waals surface area (Å²) >= 11 is 0. The average Bonchev–Trinajstić information content (AvgIpc) is 2.16. The van der Waals surface area contributed by atoms with E-state index in [0.717, 1.165) is 5.57 Å². The van der Waals surface area contributed by atoms with E-state index in [1.165, 1.54) is 0 Å². The molecule has 2 unspecified atom stereocenters. The summed E-state index contributed by atoms with van der Waals surface area (Å²) in [4.78, 5) is 0. The monoisotopic (exact) mass is 240 g/mol. The van der Waals surface area contributed by atoms with Crippen molar-refractivity contribution in [1.29, 1.82) is 0 Å². The Kier molecular flexibility index (Phi) is 7.13. The van der Waals surface area contributed by atoms with Crippen LogP contribution in [0.1, 0.15) is 40.5 Å². The maximum absolute atomic E-state index is 9.79. The molecule has 0 rings (SSSR count). The first kappa shape index (κ1) is 16.2. The minimum absolute atomic E-state index is 0.0157. The minimum Gasteiger partial charge on any atom is -0.393 e. The van der Waals surface area contributed by atoms with E-state index in [1.807, 2.05) is 20.8 Å². The zero-order valence-corrected chi connectivity index (χ0v) is 11.2. The minimum atomic E-state index is -0.533. The number of rotatable bonds is 5. The van der Waals surface area contributed by atoms with Crippen molar-refractivity contribution in [3.05, 3.63) is 11.6 Å². The van der Waals surface area contributed by atoms with Gasteiger partial charge in [0.05, 0.1) is 18.8 Å². The highest BCUT2D eigenvalue weighted by atomic mass is 16.3. The lowest BCUT2D eigenvalue weighted by Gasteiger charge is -2.29. The molecule has 98 valence electrons. The molecule has 0 heterocycles. The Hall–Kier alpha value is -0.820. The fourth-order valence-electron chi connectivity index (χ4n) is 1.35. The number of hydrogen-bond acceptors (Lipinski definition) is 3. The van der Waals surface area contributed by atoms with Gasteiger partial charge in [0.1, 0.15) is 0 Å². The van der Waals surface area contributed by atoms with Crippen molar-refractivity contribution in [3.8, 4) is 11.8 Å². The second-order valence-corrected chi connectivity index (χ2v) is 5.10. The molecule has 0 saturated carbocycles. The molecule has 2 atom stereocenters. The predicted octanol–water partition coefficient (Wildman–Crippen LogP) is 1.48. The zero-order chi connectivity index (χ0) is 13.5. The topological polar surface area (TPSA) is 60.7 Å². The Bertz CT molecular complexity index is 305. The van der Waals surface area contributed by atoms with Crippen LogP contribution in [0.3, 0.4) is 0 Å². The van der Waals surface area contributed by atoms with Crippen molar-refractivity contribution in [2.75, 3.05) is 6.61 Å². The van der Waals surface area contributed by atoms with Crippen LogP contribution in [0.25, 0.3) is 0 Å². The third-order valence-electron chi connectivity index (χ3n) is 2.91. The second kappa shape index (κ2) is 7.50. The van der Waals surface area contributed by atoms with E-state index in [2.05, 4.69) is 11.8 Å². The van der Waals surface area contributed by atoms with E-state index in [4.69, 9.17) is 5.11 Å². The second-order valence-electron chi connectivity index (χ2n) is 5.10. The van der Waals surface area contributed by atoms with Gasteiger partial charge in [-0.2, -0.15) is 0 Å². The van der Waals surface area contributed by atoms with E-state index in [-0.39, 0.29) is 12.0 Å². The van der Waals surface area contributed by atoms with Gasteiger partial charge in [-0.3, -0.25) is 0 Å². The fraction of sp³-hybridized carbons (Fsp3) is 0.714. The highest BCUT2D eigenvalue weighted by molar-refractivity contribution is 5.26. The molecule has 0 aliphatic rings. The first-order valence-corrected chi connectivity index (χ1v) is 5.92. The molecule has 0 aromatic heterocycles. The Balaban J connectivity index is 4.20. The van der Waals surface area contributed by atoms with Crippen LogP contribution < -0.4 is 0 Å². The fourth-order valence-corrected chi connectivity index (χ4v) is 1.35. The van der Waals surface area contributed by atoms with E-state index in [1.54, 1.807) is 13.0 Å². The molecule has 0 aromatic rings. The predicted molar refractivity (Wildman–Crippen MR) is 69.3 cm³/mol. The first-order chi connectivity index (χ1) is 7.79. The molecule has 3 N–H and O–H groups in total. The normalized spacial score (nSPS) is 16.1. The van der Waals surface area contributed by atoms with Gasteiger partial charge in [-0.25, -0.2) is 0 Å².